The molecule has 0 aliphatic heterocycles. The number of ether oxygens (including phenoxy) is 1. The lowest BCUT2D eigenvalue weighted by molar-refractivity contribution is 0.149. The first-order valence-corrected chi connectivity index (χ1v) is 6.75. The number of alkyl carbamates (subject to hydrolysis) is 1. The number of benzene rings is 1. The fourth-order valence-corrected chi connectivity index (χ4v) is 2.46. The van der Waals surface area contributed by atoms with Crippen molar-refractivity contribution >= 4 is 6.09 Å². The fraction of sp³-hybridized carbons (Fsp3) is 0.533. The minimum atomic E-state index is -0.345. The van der Waals surface area contributed by atoms with Gasteiger partial charge in [-0.05, 0) is 56.2 Å². The lowest BCUT2D eigenvalue weighted by Crippen LogP contribution is -2.27. The lowest BCUT2D eigenvalue weighted by Gasteiger charge is -2.19. The molecule has 1 aliphatic rings. The van der Waals surface area contributed by atoms with Gasteiger partial charge in [0.05, 0.1) is 12.6 Å². The molecular formula is C15H21NO2. The summed E-state index contributed by atoms with van der Waals surface area (Å²) in [7, 11) is 0. The molecule has 1 N–H and O–H groups in total. The van der Waals surface area contributed by atoms with Gasteiger partial charge in [-0.1, -0.05) is 18.2 Å². The van der Waals surface area contributed by atoms with Crippen molar-refractivity contribution in [3.05, 3.63) is 34.9 Å². The second-order valence-electron chi connectivity index (χ2n) is 4.82. The highest BCUT2D eigenvalue weighted by atomic mass is 16.5. The Morgan fingerprint density at radius 1 is 1.33 bits per heavy atom. The van der Waals surface area contributed by atoms with Crippen molar-refractivity contribution in [2.45, 2.75) is 45.6 Å². The van der Waals surface area contributed by atoms with Crippen molar-refractivity contribution in [1.82, 2.24) is 5.32 Å². The molecule has 0 aromatic heterocycles. The predicted molar refractivity (Wildman–Crippen MR) is 71.7 cm³/mol. The van der Waals surface area contributed by atoms with Gasteiger partial charge < -0.3 is 10.1 Å². The maximum atomic E-state index is 11.4. The smallest absolute Gasteiger partial charge is 0.407 e. The van der Waals surface area contributed by atoms with E-state index in [1.165, 1.54) is 30.4 Å². The molecule has 0 radical (unpaired) electrons. The zero-order chi connectivity index (χ0) is 13.0. The largest absolute Gasteiger partial charge is 0.450 e. The molecule has 3 heteroatoms. The molecule has 1 aromatic carbocycles. The summed E-state index contributed by atoms with van der Waals surface area (Å²) < 4.78 is 4.90. The van der Waals surface area contributed by atoms with Crippen LogP contribution in [0.25, 0.3) is 0 Å². The summed E-state index contributed by atoms with van der Waals surface area (Å²) in [5.74, 6) is 0. The summed E-state index contributed by atoms with van der Waals surface area (Å²) in [6.45, 7) is 4.20. The Morgan fingerprint density at radius 3 is 2.78 bits per heavy atom. The predicted octanol–water partition coefficient (Wildman–Crippen LogP) is 3.37. The summed E-state index contributed by atoms with van der Waals surface area (Å²) in [5, 5.41) is 2.84. The number of carbonyl (C=O) groups is 1. The summed E-state index contributed by atoms with van der Waals surface area (Å²) >= 11 is 0. The molecule has 0 saturated heterocycles. The van der Waals surface area contributed by atoms with Crippen molar-refractivity contribution in [3.63, 3.8) is 0 Å². The molecule has 3 nitrogen and oxygen atoms in total. The van der Waals surface area contributed by atoms with Gasteiger partial charge in [0, 0.05) is 0 Å². The van der Waals surface area contributed by atoms with Gasteiger partial charge in [0.2, 0.25) is 0 Å². The quantitative estimate of drug-likeness (QED) is 0.889. The van der Waals surface area contributed by atoms with Crippen LogP contribution >= 0.6 is 0 Å². The van der Waals surface area contributed by atoms with Crippen LogP contribution in [0.3, 0.4) is 0 Å². The van der Waals surface area contributed by atoms with Gasteiger partial charge in [-0.25, -0.2) is 4.79 Å². The highest BCUT2D eigenvalue weighted by Crippen LogP contribution is 2.24. The number of nitrogens with one attached hydrogen (secondary N) is 1. The average Bonchev–Trinajstić information content (AvgIpc) is 2.38. The Balaban J connectivity index is 2.06. The number of hydrogen-bond donors (Lipinski definition) is 1. The topological polar surface area (TPSA) is 38.3 Å². The Kier molecular flexibility index (Phi) is 4.24. The van der Waals surface area contributed by atoms with E-state index >= 15 is 0 Å². The number of rotatable bonds is 3. The number of carbonyl (C=O) groups excluding carboxylic acids is 1. The van der Waals surface area contributed by atoms with Crippen molar-refractivity contribution in [2.75, 3.05) is 6.61 Å². The minimum absolute atomic E-state index is 0.00345. The van der Waals surface area contributed by atoms with Gasteiger partial charge in [-0.15, -0.1) is 0 Å². The van der Waals surface area contributed by atoms with Gasteiger partial charge in [0.25, 0.3) is 0 Å². The van der Waals surface area contributed by atoms with E-state index in [9.17, 15) is 4.79 Å². The highest BCUT2D eigenvalue weighted by molar-refractivity contribution is 5.67. The summed E-state index contributed by atoms with van der Waals surface area (Å²) in [6.07, 6.45) is 4.58. The van der Waals surface area contributed by atoms with E-state index in [0.717, 1.165) is 12.0 Å². The van der Waals surface area contributed by atoms with Crippen molar-refractivity contribution < 1.29 is 9.53 Å². The molecule has 1 atom stereocenters. The van der Waals surface area contributed by atoms with Crippen LogP contribution in [0.1, 0.15) is 49.4 Å². The Hall–Kier alpha value is -1.51. The standard InChI is InChI=1S/C15H21NO2/c1-3-18-15(17)16-11(2)13-9-8-12-6-4-5-7-14(12)10-13/h8-11H,3-7H2,1-2H3,(H,16,17). The molecule has 0 heterocycles. The molecule has 1 unspecified atom stereocenters. The molecule has 0 fully saturated rings. The van der Waals surface area contributed by atoms with Crippen LogP contribution < -0.4 is 5.32 Å². The molecule has 18 heavy (non-hydrogen) atoms. The summed E-state index contributed by atoms with van der Waals surface area (Å²) in [4.78, 5) is 11.4. The van der Waals surface area contributed by atoms with Crippen molar-refractivity contribution in [2.24, 2.45) is 0 Å². The second kappa shape index (κ2) is 5.89. The van der Waals surface area contributed by atoms with Crippen LogP contribution in [0.5, 0.6) is 0 Å². The van der Waals surface area contributed by atoms with Gasteiger partial charge in [0.15, 0.2) is 0 Å². The molecule has 1 aliphatic carbocycles. The Morgan fingerprint density at radius 2 is 2.06 bits per heavy atom. The van der Waals surface area contributed by atoms with Gasteiger partial charge >= 0.3 is 6.09 Å². The van der Waals surface area contributed by atoms with E-state index in [1.54, 1.807) is 0 Å². The zero-order valence-electron chi connectivity index (χ0n) is 11.2. The summed E-state index contributed by atoms with van der Waals surface area (Å²) in [5.41, 5.74) is 4.06. The summed E-state index contributed by atoms with van der Waals surface area (Å²) in [6, 6.07) is 6.54. The SMILES string of the molecule is CCOC(=O)NC(C)c1ccc2c(c1)CCCC2. The zero-order valence-corrected chi connectivity index (χ0v) is 11.2. The monoisotopic (exact) mass is 247 g/mol. The minimum Gasteiger partial charge on any atom is -0.450 e. The first kappa shape index (κ1) is 12.9. The number of hydrogen-bond acceptors (Lipinski definition) is 2. The molecule has 0 bridgehead atoms. The third-order valence-corrected chi connectivity index (χ3v) is 3.48. The molecule has 1 aromatic rings. The van der Waals surface area contributed by atoms with E-state index in [-0.39, 0.29) is 12.1 Å². The number of aryl methyl sites for hydroxylation is 2. The van der Waals surface area contributed by atoms with E-state index < -0.39 is 0 Å². The average molecular weight is 247 g/mol. The van der Waals surface area contributed by atoms with Crippen LogP contribution in [0.4, 0.5) is 4.79 Å². The maximum Gasteiger partial charge on any atom is 0.407 e. The van der Waals surface area contributed by atoms with Gasteiger partial charge in [-0.2, -0.15) is 0 Å². The van der Waals surface area contributed by atoms with E-state index in [4.69, 9.17) is 4.74 Å². The number of amides is 1. The third-order valence-electron chi connectivity index (χ3n) is 3.48. The van der Waals surface area contributed by atoms with Crippen molar-refractivity contribution in [1.29, 1.82) is 0 Å². The van der Waals surface area contributed by atoms with E-state index in [2.05, 4.69) is 23.5 Å². The molecule has 0 spiro atoms. The Labute approximate surface area is 109 Å². The molecule has 1 amide bonds. The highest BCUT2D eigenvalue weighted by Gasteiger charge is 2.14. The second-order valence-corrected chi connectivity index (χ2v) is 4.82. The maximum absolute atomic E-state index is 11.4. The first-order chi connectivity index (χ1) is 8.70. The van der Waals surface area contributed by atoms with E-state index in [1.807, 2.05) is 13.8 Å². The van der Waals surface area contributed by atoms with Crippen LogP contribution in [0.2, 0.25) is 0 Å². The third kappa shape index (κ3) is 3.03. The van der Waals surface area contributed by atoms with Crippen LogP contribution in [-0.4, -0.2) is 12.7 Å². The van der Waals surface area contributed by atoms with Gasteiger partial charge in [-0.3, -0.25) is 0 Å². The molecule has 98 valence electrons. The van der Waals surface area contributed by atoms with Gasteiger partial charge in [0.1, 0.15) is 0 Å². The first-order valence-electron chi connectivity index (χ1n) is 6.75. The molecule has 2 rings (SSSR count). The van der Waals surface area contributed by atoms with Crippen LogP contribution in [0.15, 0.2) is 18.2 Å². The van der Waals surface area contributed by atoms with Crippen molar-refractivity contribution in [3.8, 4) is 0 Å². The molecular weight excluding hydrogens is 226 g/mol. The van der Waals surface area contributed by atoms with E-state index in [0.29, 0.717) is 6.61 Å². The lowest BCUT2D eigenvalue weighted by atomic mass is 9.89. The van der Waals surface area contributed by atoms with Crippen LogP contribution in [-0.2, 0) is 17.6 Å². The number of fused-ring (bicyclic) bond motifs is 1. The normalized spacial score (nSPS) is 15.7. The van der Waals surface area contributed by atoms with Crippen LogP contribution in [0, 0.1) is 0 Å². The Bertz CT molecular complexity index is 429. The molecule has 0 saturated carbocycles. The fourth-order valence-electron chi connectivity index (χ4n) is 2.46.